The van der Waals surface area contributed by atoms with Crippen LogP contribution in [0.25, 0.3) is 11.3 Å². The summed E-state index contributed by atoms with van der Waals surface area (Å²) >= 11 is 7.64. The third kappa shape index (κ3) is 4.45. The third-order valence-corrected chi connectivity index (χ3v) is 6.28. The first-order chi connectivity index (χ1) is 13.4. The van der Waals surface area contributed by atoms with Crippen molar-refractivity contribution in [1.29, 1.82) is 0 Å². The number of halogens is 1. The number of allylic oxidation sites excluding steroid dienone is 1. The molecular weight excluding hydrogens is 396 g/mol. The van der Waals surface area contributed by atoms with Crippen molar-refractivity contribution < 1.29 is 14.7 Å². The van der Waals surface area contributed by atoms with Gasteiger partial charge in [0.2, 0.25) is 5.91 Å². The molecule has 1 aromatic heterocycles. The van der Waals surface area contributed by atoms with Gasteiger partial charge in [0.05, 0.1) is 18.0 Å². The van der Waals surface area contributed by atoms with Gasteiger partial charge in [-0.3, -0.25) is 14.5 Å². The first kappa shape index (κ1) is 20.6. The fourth-order valence-corrected chi connectivity index (χ4v) is 4.66. The van der Waals surface area contributed by atoms with E-state index in [1.165, 1.54) is 11.3 Å². The maximum Gasteiger partial charge on any atom is 0.304 e. The normalized spacial score (nSPS) is 21.4. The Bertz CT molecular complexity index is 893. The molecule has 1 aliphatic heterocycles. The number of thiazole rings is 1. The predicted molar refractivity (Wildman–Crippen MR) is 113 cm³/mol. The van der Waals surface area contributed by atoms with Crippen LogP contribution < -0.4 is 4.90 Å². The van der Waals surface area contributed by atoms with Gasteiger partial charge in [-0.05, 0) is 24.3 Å². The molecular formula is C21H23ClN2O3S. The highest BCUT2D eigenvalue weighted by molar-refractivity contribution is 7.14. The van der Waals surface area contributed by atoms with Crippen LogP contribution in [0.3, 0.4) is 0 Å². The largest absolute Gasteiger partial charge is 0.481 e. The molecule has 2 heterocycles. The number of carboxylic acids is 1. The summed E-state index contributed by atoms with van der Waals surface area (Å²) in [4.78, 5) is 31.0. The minimum Gasteiger partial charge on any atom is -0.481 e. The van der Waals surface area contributed by atoms with E-state index in [0.29, 0.717) is 28.8 Å². The second-order valence-electron chi connectivity index (χ2n) is 7.26. The zero-order chi connectivity index (χ0) is 20.3. The van der Waals surface area contributed by atoms with Crippen LogP contribution in [-0.2, 0) is 9.59 Å². The molecule has 0 saturated heterocycles. The van der Waals surface area contributed by atoms with Crippen molar-refractivity contribution in [3.63, 3.8) is 0 Å². The highest BCUT2D eigenvalue weighted by Gasteiger charge is 2.36. The molecule has 0 spiro atoms. The lowest BCUT2D eigenvalue weighted by Gasteiger charge is -2.33. The molecule has 3 rings (SSSR count). The number of amides is 1. The maximum absolute atomic E-state index is 13.3. The van der Waals surface area contributed by atoms with Crippen LogP contribution in [0, 0.1) is 17.8 Å². The highest BCUT2D eigenvalue weighted by atomic mass is 35.5. The van der Waals surface area contributed by atoms with E-state index in [9.17, 15) is 14.7 Å². The SMILES string of the molecule is CC(C)C1C/C=C\CN(c2nc(-c3ccccc3Cl)cs2)C(=O)[C@H]1CC(=O)O. The molecule has 1 unspecified atom stereocenters. The summed E-state index contributed by atoms with van der Waals surface area (Å²) in [5.74, 6) is -1.52. The summed E-state index contributed by atoms with van der Waals surface area (Å²) in [6.07, 6.45) is 4.54. The minimum absolute atomic E-state index is 0.0225. The van der Waals surface area contributed by atoms with Gasteiger partial charge in [-0.2, -0.15) is 0 Å². The molecule has 2 aromatic rings. The number of carboxylic acid groups (broad SMARTS) is 1. The van der Waals surface area contributed by atoms with Gasteiger partial charge in [-0.1, -0.05) is 55.8 Å². The number of rotatable bonds is 5. The van der Waals surface area contributed by atoms with E-state index in [2.05, 4.69) is 4.98 Å². The van der Waals surface area contributed by atoms with Crippen molar-refractivity contribution in [2.24, 2.45) is 17.8 Å². The van der Waals surface area contributed by atoms with Crippen LogP contribution in [0.4, 0.5) is 5.13 Å². The lowest BCUT2D eigenvalue weighted by Crippen LogP contribution is -2.42. The van der Waals surface area contributed by atoms with Gasteiger partial charge in [-0.25, -0.2) is 4.98 Å². The average molecular weight is 419 g/mol. The molecule has 0 fully saturated rings. The molecule has 28 heavy (non-hydrogen) atoms. The Morgan fingerprint density at radius 3 is 2.79 bits per heavy atom. The molecule has 0 radical (unpaired) electrons. The summed E-state index contributed by atoms with van der Waals surface area (Å²) in [6.45, 7) is 4.45. The summed E-state index contributed by atoms with van der Waals surface area (Å²) in [7, 11) is 0. The number of anilines is 1. The third-order valence-electron chi connectivity index (χ3n) is 5.09. The Morgan fingerprint density at radius 2 is 2.11 bits per heavy atom. The van der Waals surface area contributed by atoms with E-state index in [4.69, 9.17) is 11.6 Å². The zero-order valence-electron chi connectivity index (χ0n) is 15.8. The summed E-state index contributed by atoms with van der Waals surface area (Å²) < 4.78 is 0. The fraction of sp³-hybridized carbons (Fsp3) is 0.381. The number of hydrogen-bond acceptors (Lipinski definition) is 4. The second-order valence-corrected chi connectivity index (χ2v) is 8.51. The van der Waals surface area contributed by atoms with Gasteiger partial charge < -0.3 is 5.11 Å². The standard InChI is InChI=1S/C21H23ClN2O3S/c1-13(2)14-7-5-6-10-24(20(27)16(14)11-19(25)26)21-23-18(12-28-21)15-8-3-4-9-17(15)22/h3-6,8-9,12-14,16H,7,10-11H2,1-2H3,(H,25,26)/b6-5-/t14?,16-/m0/s1. The summed E-state index contributed by atoms with van der Waals surface area (Å²) in [6, 6.07) is 7.43. The number of carbonyl (C=O) groups excluding carboxylic acids is 1. The molecule has 0 saturated carbocycles. The zero-order valence-corrected chi connectivity index (χ0v) is 17.4. The van der Waals surface area contributed by atoms with Crippen LogP contribution >= 0.6 is 22.9 Å². The number of benzene rings is 1. The number of carbonyl (C=O) groups is 2. The first-order valence-corrected chi connectivity index (χ1v) is 10.5. The molecule has 0 bridgehead atoms. The van der Waals surface area contributed by atoms with Crippen molar-refractivity contribution in [2.45, 2.75) is 26.7 Å². The van der Waals surface area contributed by atoms with Gasteiger partial charge in [-0.15, -0.1) is 11.3 Å². The molecule has 1 N–H and O–H groups in total. The predicted octanol–water partition coefficient (Wildman–Crippen LogP) is 5.12. The van der Waals surface area contributed by atoms with Crippen LogP contribution in [-0.4, -0.2) is 28.5 Å². The molecule has 7 heteroatoms. The van der Waals surface area contributed by atoms with Gasteiger partial charge in [0, 0.05) is 22.5 Å². The number of nitrogens with zero attached hydrogens (tertiary/aromatic N) is 2. The van der Waals surface area contributed by atoms with Crippen LogP contribution in [0.15, 0.2) is 41.8 Å². The van der Waals surface area contributed by atoms with Crippen molar-refractivity contribution >= 4 is 39.9 Å². The topological polar surface area (TPSA) is 70.5 Å². The minimum atomic E-state index is -0.954. The molecule has 2 atom stereocenters. The van der Waals surface area contributed by atoms with Crippen molar-refractivity contribution in [3.8, 4) is 11.3 Å². The Morgan fingerprint density at radius 1 is 1.36 bits per heavy atom. The molecule has 1 aliphatic rings. The Labute approximate surface area is 173 Å². The smallest absolute Gasteiger partial charge is 0.304 e. The highest BCUT2D eigenvalue weighted by Crippen LogP contribution is 2.35. The van der Waals surface area contributed by atoms with Crippen LogP contribution in [0.5, 0.6) is 0 Å². The van der Waals surface area contributed by atoms with E-state index < -0.39 is 11.9 Å². The first-order valence-electron chi connectivity index (χ1n) is 9.27. The Balaban J connectivity index is 1.95. The number of hydrogen-bond donors (Lipinski definition) is 1. The summed E-state index contributed by atoms with van der Waals surface area (Å²) in [5.41, 5.74) is 1.52. The van der Waals surface area contributed by atoms with Crippen LogP contribution in [0.2, 0.25) is 5.02 Å². The van der Waals surface area contributed by atoms with Crippen molar-refractivity contribution in [3.05, 3.63) is 46.8 Å². The summed E-state index contributed by atoms with van der Waals surface area (Å²) in [5, 5.41) is 12.4. The van der Waals surface area contributed by atoms with E-state index in [-0.39, 0.29) is 24.2 Å². The van der Waals surface area contributed by atoms with Gasteiger partial charge >= 0.3 is 5.97 Å². The molecule has 1 amide bonds. The number of aromatic nitrogens is 1. The van der Waals surface area contributed by atoms with E-state index in [1.54, 1.807) is 11.0 Å². The average Bonchev–Trinajstić information content (AvgIpc) is 3.11. The monoisotopic (exact) mass is 418 g/mol. The van der Waals surface area contributed by atoms with Crippen LogP contribution in [0.1, 0.15) is 26.7 Å². The van der Waals surface area contributed by atoms with Gasteiger partial charge in [0.1, 0.15) is 0 Å². The number of aliphatic carboxylic acids is 1. The Hall–Kier alpha value is -2.18. The molecule has 148 valence electrons. The molecule has 5 nitrogen and oxygen atoms in total. The van der Waals surface area contributed by atoms with E-state index in [1.807, 2.05) is 49.6 Å². The fourth-order valence-electron chi connectivity index (χ4n) is 3.59. The molecule has 0 aliphatic carbocycles. The lowest BCUT2D eigenvalue weighted by molar-refractivity contribution is -0.142. The maximum atomic E-state index is 13.3. The van der Waals surface area contributed by atoms with Crippen molar-refractivity contribution in [2.75, 3.05) is 11.4 Å². The van der Waals surface area contributed by atoms with Gasteiger partial charge in [0.15, 0.2) is 5.13 Å². The van der Waals surface area contributed by atoms with Gasteiger partial charge in [0.25, 0.3) is 0 Å². The second kappa shape index (κ2) is 8.88. The van der Waals surface area contributed by atoms with Crippen molar-refractivity contribution in [1.82, 2.24) is 4.98 Å². The quantitative estimate of drug-likeness (QED) is 0.684. The van der Waals surface area contributed by atoms with E-state index >= 15 is 0 Å². The van der Waals surface area contributed by atoms with E-state index in [0.717, 1.165) is 5.56 Å². The lowest BCUT2D eigenvalue weighted by atomic mass is 9.78. The molecule has 1 aromatic carbocycles. The Kier molecular flexibility index (Phi) is 6.52.